The van der Waals surface area contributed by atoms with Crippen molar-refractivity contribution in [3.63, 3.8) is 0 Å². The van der Waals surface area contributed by atoms with E-state index in [-0.39, 0.29) is 28.9 Å². The Morgan fingerprint density at radius 2 is 1.45 bits per heavy atom. The fraction of sp³-hybridized carbons (Fsp3) is 0.0417. The summed E-state index contributed by atoms with van der Waals surface area (Å²) in [5.41, 5.74) is 13.1. The lowest BCUT2D eigenvalue weighted by atomic mass is 9.91. The highest BCUT2D eigenvalue weighted by atomic mass is 19.1. The van der Waals surface area contributed by atoms with Crippen LogP contribution in [0.25, 0.3) is 0 Å². The Labute approximate surface area is 188 Å². The largest absolute Gasteiger partial charge is 0.393 e. The highest BCUT2D eigenvalue weighted by Crippen LogP contribution is 2.28. The summed E-state index contributed by atoms with van der Waals surface area (Å²) in [6.45, 7) is 0. The maximum Gasteiger partial charge on any atom is 0.250 e. The molecule has 0 aliphatic heterocycles. The number of aromatic nitrogens is 2. The number of nitrogens with zero attached hydrogens (tertiary/aromatic N) is 2. The van der Waals surface area contributed by atoms with Gasteiger partial charge in [0.15, 0.2) is 11.6 Å². The highest BCUT2D eigenvalue weighted by molar-refractivity contribution is 5.89. The van der Waals surface area contributed by atoms with Gasteiger partial charge in [-0.1, -0.05) is 60.7 Å². The number of nitrogens with two attached hydrogens (primary N) is 1. The number of nitrogens with one attached hydrogen (secondary N) is 3. The van der Waals surface area contributed by atoms with Crippen LogP contribution in [0.4, 0.5) is 31.8 Å². The van der Waals surface area contributed by atoms with E-state index in [4.69, 9.17) is 5.73 Å². The molecule has 4 aromatic rings. The molecular weight excluding hydrogens is 426 g/mol. The predicted molar refractivity (Wildman–Crippen MR) is 123 cm³/mol. The number of benzene rings is 3. The molecule has 1 heterocycles. The highest BCUT2D eigenvalue weighted by Gasteiger charge is 2.23. The molecule has 1 amide bonds. The van der Waals surface area contributed by atoms with Crippen molar-refractivity contribution in [3.05, 3.63) is 108 Å². The number of carbonyl (C=O) groups excluding carboxylic acids is 1. The van der Waals surface area contributed by atoms with Gasteiger partial charge in [0.05, 0.1) is 11.6 Å². The monoisotopic (exact) mass is 446 g/mol. The van der Waals surface area contributed by atoms with Crippen LogP contribution in [0.5, 0.6) is 0 Å². The van der Waals surface area contributed by atoms with Gasteiger partial charge >= 0.3 is 0 Å². The number of hydrazine groups is 1. The first-order valence-electron chi connectivity index (χ1n) is 10.0. The Bertz CT molecular complexity index is 1220. The van der Waals surface area contributed by atoms with Crippen molar-refractivity contribution in [2.45, 2.75) is 5.92 Å². The van der Waals surface area contributed by atoms with Crippen LogP contribution in [0.3, 0.4) is 0 Å². The molecule has 5 N–H and O–H groups in total. The Morgan fingerprint density at radius 3 is 2.06 bits per heavy atom. The van der Waals surface area contributed by atoms with Gasteiger partial charge in [0.2, 0.25) is 5.91 Å². The minimum Gasteiger partial charge on any atom is -0.393 e. The minimum absolute atomic E-state index is 0.00925. The average Bonchev–Trinajstić information content (AvgIpc) is 2.83. The molecule has 4 rings (SSSR count). The van der Waals surface area contributed by atoms with Crippen molar-refractivity contribution in [1.29, 1.82) is 0 Å². The molecule has 0 aliphatic rings. The Kier molecular flexibility index (Phi) is 6.40. The van der Waals surface area contributed by atoms with Crippen LogP contribution in [0.15, 0.2) is 85.2 Å². The molecular formula is C24H20F2N6O. The van der Waals surface area contributed by atoms with Crippen LogP contribution < -0.4 is 21.9 Å². The van der Waals surface area contributed by atoms with E-state index >= 15 is 0 Å². The fourth-order valence-corrected chi connectivity index (χ4v) is 3.29. The van der Waals surface area contributed by atoms with Crippen LogP contribution >= 0.6 is 0 Å². The minimum atomic E-state index is -0.801. The van der Waals surface area contributed by atoms with E-state index in [1.54, 1.807) is 0 Å². The SMILES string of the molecule is Nc1c(NNC(=O)C(c2ccccc2)c2ccccc2)ncnc1Nc1ccc(F)cc1F. The number of hydrogen-bond acceptors (Lipinski definition) is 6. The second-order valence-corrected chi connectivity index (χ2v) is 7.10. The van der Waals surface area contributed by atoms with Crippen molar-refractivity contribution < 1.29 is 13.6 Å². The van der Waals surface area contributed by atoms with Gasteiger partial charge in [-0.25, -0.2) is 18.7 Å². The van der Waals surface area contributed by atoms with E-state index < -0.39 is 17.6 Å². The van der Waals surface area contributed by atoms with Crippen LogP contribution in [0.1, 0.15) is 17.0 Å². The van der Waals surface area contributed by atoms with E-state index in [2.05, 4.69) is 26.1 Å². The third-order valence-corrected chi connectivity index (χ3v) is 4.90. The molecule has 0 spiro atoms. The molecule has 1 aromatic heterocycles. The van der Waals surface area contributed by atoms with E-state index in [1.807, 2.05) is 60.7 Å². The summed E-state index contributed by atoms with van der Waals surface area (Å²) in [7, 11) is 0. The molecule has 0 saturated carbocycles. The summed E-state index contributed by atoms with van der Waals surface area (Å²) in [6, 6.07) is 21.8. The van der Waals surface area contributed by atoms with Crippen molar-refractivity contribution in [3.8, 4) is 0 Å². The number of anilines is 4. The van der Waals surface area contributed by atoms with Gasteiger partial charge in [-0.3, -0.25) is 15.6 Å². The van der Waals surface area contributed by atoms with Gasteiger partial charge in [-0.2, -0.15) is 0 Å². The fourth-order valence-electron chi connectivity index (χ4n) is 3.29. The molecule has 7 nitrogen and oxygen atoms in total. The van der Waals surface area contributed by atoms with Crippen molar-refractivity contribution in [1.82, 2.24) is 15.4 Å². The van der Waals surface area contributed by atoms with Gasteiger partial charge in [0.1, 0.15) is 23.6 Å². The Morgan fingerprint density at radius 1 is 0.848 bits per heavy atom. The maximum atomic E-state index is 14.0. The van der Waals surface area contributed by atoms with E-state index in [9.17, 15) is 13.6 Å². The average molecular weight is 446 g/mol. The molecule has 3 aromatic carbocycles. The predicted octanol–water partition coefficient (Wildman–Crippen LogP) is 4.36. The molecule has 0 saturated heterocycles. The smallest absolute Gasteiger partial charge is 0.250 e. The summed E-state index contributed by atoms with van der Waals surface area (Å²) in [6.07, 6.45) is 1.19. The lowest BCUT2D eigenvalue weighted by Crippen LogP contribution is -2.35. The van der Waals surface area contributed by atoms with Crippen LogP contribution in [0, 0.1) is 11.6 Å². The second-order valence-electron chi connectivity index (χ2n) is 7.10. The van der Waals surface area contributed by atoms with Gasteiger partial charge in [0, 0.05) is 6.07 Å². The lowest BCUT2D eigenvalue weighted by molar-refractivity contribution is -0.121. The number of amides is 1. The van der Waals surface area contributed by atoms with Crippen LogP contribution in [-0.4, -0.2) is 15.9 Å². The topological polar surface area (TPSA) is 105 Å². The molecule has 9 heteroatoms. The summed E-state index contributed by atoms with van der Waals surface area (Å²) in [5.74, 6) is -2.20. The van der Waals surface area contributed by atoms with Crippen molar-refractivity contribution in [2.24, 2.45) is 0 Å². The molecule has 0 aliphatic carbocycles. The Balaban J connectivity index is 1.53. The summed E-state index contributed by atoms with van der Waals surface area (Å²) in [5, 5.41) is 2.70. The first-order chi connectivity index (χ1) is 16.0. The molecule has 0 fully saturated rings. The molecule has 166 valence electrons. The van der Waals surface area contributed by atoms with Crippen LogP contribution in [0.2, 0.25) is 0 Å². The lowest BCUT2D eigenvalue weighted by Gasteiger charge is -2.19. The Hall–Kier alpha value is -4.53. The standard InChI is InChI=1S/C24H20F2N6O/c25-17-11-12-19(18(26)13-17)30-22-21(27)23(29-14-28-22)31-32-24(33)20(15-7-3-1-4-8-15)16-9-5-2-6-10-16/h1-14,20H,27H2,(H,32,33)(H2,28,29,30,31). The molecule has 33 heavy (non-hydrogen) atoms. The van der Waals surface area contributed by atoms with Crippen LogP contribution in [-0.2, 0) is 4.79 Å². The van der Waals surface area contributed by atoms with Gasteiger partial charge < -0.3 is 11.1 Å². The van der Waals surface area contributed by atoms with E-state index in [0.29, 0.717) is 0 Å². The van der Waals surface area contributed by atoms with Gasteiger partial charge in [0.25, 0.3) is 0 Å². The van der Waals surface area contributed by atoms with Gasteiger partial charge in [-0.15, -0.1) is 0 Å². The molecule has 0 radical (unpaired) electrons. The quantitative estimate of drug-likeness (QED) is 0.315. The van der Waals surface area contributed by atoms with E-state index in [0.717, 1.165) is 23.3 Å². The number of hydrogen-bond donors (Lipinski definition) is 4. The molecule has 0 bridgehead atoms. The molecule has 0 unspecified atom stereocenters. The summed E-state index contributed by atoms with van der Waals surface area (Å²) < 4.78 is 27.1. The second kappa shape index (κ2) is 9.73. The van der Waals surface area contributed by atoms with Crippen molar-refractivity contribution in [2.75, 3.05) is 16.5 Å². The normalized spacial score (nSPS) is 10.6. The maximum absolute atomic E-state index is 14.0. The summed E-state index contributed by atoms with van der Waals surface area (Å²) >= 11 is 0. The summed E-state index contributed by atoms with van der Waals surface area (Å²) in [4.78, 5) is 21.2. The molecule has 0 atom stereocenters. The third kappa shape index (κ3) is 5.04. The first-order valence-corrected chi connectivity index (χ1v) is 10.0. The zero-order valence-electron chi connectivity index (χ0n) is 17.3. The first kappa shape index (κ1) is 21.7. The number of rotatable bonds is 7. The zero-order valence-corrected chi connectivity index (χ0v) is 17.3. The number of halogens is 2. The van der Waals surface area contributed by atoms with E-state index in [1.165, 1.54) is 12.4 Å². The van der Waals surface area contributed by atoms with Gasteiger partial charge in [-0.05, 0) is 23.3 Å². The third-order valence-electron chi connectivity index (χ3n) is 4.90. The zero-order chi connectivity index (χ0) is 23.2. The number of carbonyl (C=O) groups is 1. The van der Waals surface area contributed by atoms with Crippen molar-refractivity contribution >= 4 is 28.9 Å². The number of nitrogen functional groups attached to an aromatic ring is 1.